The Morgan fingerprint density at radius 3 is 2.57 bits per heavy atom. The summed E-state index contributed by atoms with van der Waals surface area (Å²) in [5.74, 6) is 0. The lowest BCUT2D eigenvalue weighted by Gasteiger charge is -2.00. The zero-order chi connectivity index (χ0) is 10.6. The molecule has 0 amide bonds. The molecule has 0 rings (SSSR count). The third kappa shape index (κ3) is 9.53. The maximum atomic E-state index is 4.99. The van der Waals surface area contributed by atoms with Gasteiger partial charge < -0.3 is 4.74 Å². The number of allylic oxidation sites excluding steroid dienone is 2. The molecule has 0 aromatic carbocycles. The zero-order valence-corrected chi connectivity index (χ0v) is 9.72. The first-order chi connectivity index (χ1) is 6.81. The van der Waals surface area contributed by atoms with Crippen LogP contribution in [0.25, 0.3) is 0 Å². The van der Waals surface area contributed by atoms with Crippen LogP contribution in [0.5, 0.6) is 0 Å². The molecule has 0 aromatic heterocycles. The summed E-state index contributed by atoms with van der Waals surface area (Å²) in [5.41, 5.74) is 1.19. The molecule has 1 heteroatoms. The Labute approximate surface area is 88.9 Å². The Balaban J connectivity index is 3.21. The Kier molecular flexibility index (Phi) is 10.1. The average molecular weight is 196 g/mol. The van der Waals surface area contributed by atoms with Crippen molar-refractivity contribution >= 4 is 0 Å². The summed E-state index contributed by atoms with van der Waals surface area (Å²) in [6.07, 6.45) is 11.9. The third-order valence-electron chi connectivity index (χ3n) is 2.15. The lowest BCUT2D eigenvalue weighted by molar-refractivity contribution is 0.223. The van der Waals surface area contributed by atoms with Gasteiger partial charge in [-0.15, -0.1) is 0 Å². The second kappa shape index (κ2) is 10.5. The standard InChI is InChI=1S/C13H24O/c1-4-5-6-7-8-9-10-11-13(2)12-14-3/h8-9H,2,4-7,10-12H2,1,3H3/b9-8+. The lowest BCUT2D eigenvalue weighted by Crippen LogP contribution is -1.91. The Morgan fingerprint density at radius 1 is 1.21 bits per heavy atom. The van der Waals surface area contributed by atoms with Crippen LogP contribution in [0.2, 0.25) is 0 Å². The summed E-state index contributed by atoms with van der Waals surface area (Å²) >= 11 is 0. The smallest absolute Gasteiger partial charge is 0.0670 e. The number of rotatable bonds is 9. The lowest BCUT2D eigenvalue weighted by atomic mass is 10.1. The van der Waals surface area contributed by atoms with Crippen molar-refractivity contribution in [1.82, 2.24) is 0 Å². The molecule has 0 bridgehead atoms. The number of hydrogen-bond acceptors (Lipinski definition) is 1. The van der Waals surface area contributed by atoms with Crippen LogP contribution >= 0.6 is 0 Å². The van der Waals surface area contributed by atoms with E-state index in [1.807, 2.05) is 0 Å². The molecule has 0 N–H and O–H groups in total. The topological polar surface area (TPSA) is 9.23 Å². The minimum Gasteiger partial charge on any atom is -0.380 e. The fraction of sp³-hybridized carbons (Fsp3) is 0.692. The largest absolute Gasteiger partial charge is 0.380 e. The van der Waals surface area contributed by atoms with Gasteiger partial charge in [0, 0.05) is 7.11 Å². The summed E-state index contributed by atoms with van der Waals surface area (Å²) in [6.45, 7) is 6.87. The molecule has 0 aromatic rings. The number of unbranched alkanes of at least 4 members (excludes halogenated alkanes) is 3. The highest BCUT2D eigenvalue weighted by molar-refractivity contribution is 4.97. The van der Waals surface area contributed by atoms with Crippen molar-refractivity contribution in [3.05, 3.63) is 24.3 Å². The molecule has 0 spiro atoms. The van der Waals surface area contributed by atoms with Crippen molar-refractivity contribution in [1.29, 1.82) is 0 Å². The van der Waals surface area contributed by atoms with Gasteiger partial charge in [0.15, 0.2) is 0 Å². The molecular weight excluding hydrogens is 172 g/mol. The van der Waals surface area contributed by atoms with Gasteiger partial charge in [0.1, 0.15) is 0 Å². The van der Waals surface area contributed by atoms with Crippen molar-refractivity contribution in [2.45, 2.75) is 45.4 Å². The van der Waals surface area contributed by atoms with E-state index in [4.69, 9.17) is 4.74 Å². The van der Waals surface area contributed by atoms with E-state index in [2.05, 4.69) is 25.7 Å². The van der Waals surface area contributed by atoms with Gasteiger partial charge in [0.2, 0.25) is 0 Å². The van der Waals surface area contributed by atoms with Crippen LogP contribution in [0.1, 0.15) is 45.4 Å². The van der Waals surface area contributed by atoms with Gasteiger partial charge >= 0.3 is 0 Å². The molecular formula is C13H24O. The van der Waals surface area contributed by atoms with Gasteiger partial charge in [-0.25, -0.2) is 0 Å². The SMILES string of the molecule is C=C(CC/C=C/CCCCC)COC. The highest BCUT2D eigenvalue weighted by atomic mass is 16.5. The van der Waals surface area contributed by atoms with E-state index < -0.39 is 0 Å². The third-order valence-corrected chi connectivity index (χ3v) is 2.15. The summed E-state index contributed by atoms with van der Waals surface area (Å²) in [7, 11) is 1.71. The molecule has 0 aliphatic rings. The van der Waals surface area contributed by atoms with Gasteiger partial charge in [0.25, 0.3) is 0 Å². The zero-order valence-electron chi connectivity index (χ0n) is 9.72. The molecule has 14 heavy (non-hydrogen) atoms. The van der Waals surface area contributed by atoms with Crippen LogP contribution in [0, 0.1) is 0 Å². The first-order valence-corrected chi connectivity index (χ1v) is 5.61. The minimum absolute atomic E-state index is 0.698. The molecule has 0 saturated heterocycles. The van der Waals surface area contributed by atoms with Crippen LogP contribution < -0.4 is 0 Å². The molecule has 0 fully saturated rings. The molecule has 0 radical (unpaired) electrons. The van der Waals surface area contributed by atoms with Crippen molar-refractivity contribution in [3.63, 3.8) is 0 Å². The quantitative estimate of drug-likeness (QED) is 0.398. The summed E-state index contributed by atoms with van der Waals surface area (Å²) < 4.78 is 4.99. The molecule has 0 saturated carbocycles. The maximum absolute atomic E-state index is 4.99. The molecule has 0 unspecified atom stereocenters. The van der Waals surface area contributed by atoms with Crippen molar-refractivity contribution < 1.29 is 4.74 Å². The summed E-state index contributed by atoms with van der Waals surface area (Å²) in [6, 6.07) is 0. The van der Waals surface area contributed by atoms with Gasteiger partial charge in [-0.1, -0.05) is 44.1 Å². The van der Waals surface area contributed by atoms with Crippen LogP contribution in [0.4, 0.5) is 0 Å². The first-order valence-electron chi connectivity index (χ1n) is 5.61. The number of ether oxygens (including phenoxy) is 1. The summed E-state index contributed by atoms with van der Waals surface area (Å²) in [5, 5.41) is 0. The van der Waals surface area contributed by atoms with E-state index >= 15 is 0 Å². The second-order valence-electron chi connectivity index (χ2n) is 3.69. The Hall–Kier alpha value is -0.560. The van der Waals surface area contributed by atoms with Gasteiger partial charge in [0.05, 0.1) is 6.61 Å². The van der Waals surface area contributed by atoms with E-state index in [1.54, 1.807) is 7.11 Å². The molecule has 82 valence electrons. The van der Waals surface area contributed by atoms with Crippen molar-refractivity contribution in [2.75, 3.05) is 13.7 Å². The predicted octanol–water partition coefficient (Wildman–Crippen LogP) is 4.11. The normalized spacial score (nSPS) is 11.0. The first kappa shape index (κ1) is 13.4. The molecule has 0 heterocycles. The fourth-order valence-electron chi connectivity index (χ4n) is 1.31. The fourth-order valence-corrected chi connectivity index (χ4v) is 1.31. The highest BCUT2D eigenvalue weighted by Crippen LogP contribution is 2.05. The number of methoxy groups -OCH3 is 1. The van der Waals surface area contributed by atoms with Crippen LogP contribution in [0.15, 0.2) is 24.3 Å². The van der Waals surface area contributed by atoms with Gasteiger partial charge in [-0.3, -0.25) is 0 Å². The highest BCUT2D eigenvalue weighted by Gasteiger charge is 1.90. The maximum Gasteiger partial charge on any atom is 0.0670 e. The predicted molar refractivity (Wildman–Crippen MR) is 63.5 cm³/mol. The van der Waals surface area contributed by atoms with Gasteiger partial charge in [-0.2, -0.15) is 0 Å². The van der Waals surface area contributed by atoms with Crippen LogP contribution in [-0.2, 0) is 4.74 Å². The van der Waals surface area contributed by atoms with E-state index in [1.165, 1.54) is 31.3 Å². The molecule has 0 aliphatic carbocycles. The van der Waals surface area contributed by atoms with Gasteiger partial charge in [-0.05, 0) is 25.7 Å². The Bertz CT molecular complexity index is 159. The summed E-state index contributed by atoms with van der Waals surface area (Å²) in [4.78, 5) is 0. The minimum atomic E-state index is 0.698. The Morgan fingerprint density at radius 2 is 1.93 bits per heavy atom. The van der Waals surface area contributed by atoms with Crippen molar-refractivity contribution in [2.24, 2.45) is 0 Å². The van der Waals surface area contributed by atoms with E-state index in [9.17, 15) is 0 Å². The van der Waals surface area contributed by atoms with E-state index in [0.29, 0.717) is 6.61 Å². The van der Waals surface area contributed by atoms with Crippen LogP contribution in [-0.4, -0.2) is 13.7 Å². The number of hydrogen-bond donors (Lipinski definition) is 0. The van der Waals surface area contributed by atoms with E-state index in [0.717, 1.165) is 12.8 Å². The van der Waals surface area contributed by atoms with Crippen molar-refractivity contribution in [3.8, 4) is 0 Å². The average Bonchev–Trinajstić information content (AvgIpc) is 2.17. The van der Waals surface area contributed by atoms with Crippen LogP contribution in [0.3, 0.4) is 0 Å². The molecule has 0 aliphatic heterocycles. The second-order valence-corrected chi connectivity index (χ2v) is 3.69. The molecule has 1 nitrogen and oxygen atoms in total. The molecule has 0 atom stereocenters. The monoisotopic (exact) mass is 196 g/mol. The van der Waals surface area contributed by atoms with E-state index in [-0.39, 0.29) is 0 Å².